The van der Waals surface area contributed by atoms with Gasteiger partial charge in [0.25, 0.3) is 5.91 Å². The molecule has 0 aliphatic rings. The van der Waals surface area contributed by atoms with Crippen molar-refractivity contribution in [3.05, 3.63) is 58.1 Å². The average molecular weight is 368 g/mol. The molecule has 0 heterocycles. The lowest BCUT2D eigenvalue weighted by molar-refractivity contribution is -0.122. The zero-order valence-electron chi connectivity index (χ0n) is 13.0. The van der Waals surface area contributed by atoms with E-state index in [1.54, 1.807) is 43.3 Å². The number of esters is 1. The minimum absolute atomic E-state index is 0.251. The van der Waals surface area contributed by atoms with Gasteiger partial charge in [-0.2, -0.15) is 0 Å². The highest BCUT2D eigenvalue weighted by atomic mass is 35.5. The Hall–Kier alpha value is -2.24. The van der Waals surface area contributed by atoms with Gasteiger partial charge in [-0.05, 0) is 31.2 Å². The summed E-state index contributed by atoms with van der Waals surface area (Å²) in [6.07, 6.45) is -0.855. The smallest absolute Gasteiger partial charge is 0.339 e. The standard InChI is InChI=1S/C17H15Cl2NO4/c1-10(24-15-9-11(18)7-8-13(15)19)16(21)20-14-6-4-3-5-12(14)17(22)23-2/h3-10H,1-2H3,(H,20,21)/t10-/m1/s1. The molecule has 0 aromatic heterocycles. The quantitative estimate of drug-likeness (QED) is 0.804. The van der Waals surface area contributed by atoms with Crippen LogP contribution in [0.3, 0.4) is 0 Å². The molecule has 2 aromatic carbocycles. The van der Waals surface area contributed by atoms with Crippen molar-refractivity contribution in [3.63, 3.8) is 0 Å². The van der Waals surface area contributed by atoms with Crippen LogP contribution in [0, 0.1) is 0 Å². The summed E-state index contributed by atoms with van der Waals surface area (Å²) in [5, 5.41) is 3.42. The van der Waals surface area contributed by atoms with Crippen LogP contribution in [0.1, 0.15) is 17.3 Å². The summed E-state index contributed by atoms with van der Waals surface area (Å²) in [7, 11) is 1.27. The third kappa shape index (κ3) is 4.40. The van der Waals surface area contributed by atoms with Crippen LogP contribution in [-0.4, -0.2) is 25.1 Å². The van der Waals surface area contributed by atoms with E-state index < -0.39 is 18.0 Å². The zero-order valence-corrected chi connectivity index (χ0v) is 14.5. The molecule has 2 rings (SSSR count). The van der Waals surface area contributed by atoms with E-state index in [0.29, 0.717) is 21.5 Å². The highest BCUT2D eigenvalue weighted by molar-refractivity contribution is 6.34. The number of carbonyl (C=O) groups is 2. The van der Waals surface area contributed by atoms with Gasteiger partial charge in [0.05, 0.1) is 23.4 Å². The van der Waals surface area contributed by atoms with Crippen molar-refractivity contribution in [2.75, 3.05) is 12.4 Å². The maximum absolute atomic E-state index is 12.3. The normalized spacial score (nSPS) is 11.5. The van der Waals surface area contributed by atoms with Crippen LogP contribution in [0.4, 0.5) is 5.69 Å². The monoisotopic (exact) mass is 367 g/mol. The van der Waals surface area contributed by atoms with Crippen molar-refractivity contribution in [3.8, 4) is 5.75 Å². The predicted octanol–water partition coefficient (Wildman–Crippen LogP) is 4.19. The van der Waals surface area contributed by atoms with E-state index in [1.165, 1.54) is 13.2 Å². The molecule has 0 fully saturated rings. The van der Waals surface area contributed by atoms with Crippen LogP contribution < -0.4 is 10.1 Å². The molecule has 24 heavy (non-hydrogen) atoms. The molecule has 126 valence electrons. The van der Waals surface area contributed by atoms with E-state index in [0.717, 1.165) is 0 Å². The van der Waals surface area contributed by atoms with E-state index in [1.807, 2.05) is 0 Å². The Kier molecular flexibility index (Phi) is 6.06. The molecule has 0 radical (unpaired) electrons. The van der Waals surface area contributed by atoms with Crippen molar-refractivity contribution in [2.24, 2.45) is 0 Å². The number of anilines is 1. The van der Waals surface area contributed by atoms with Gasteiger partial charge in [0.1, 0.15) is 5.75 Å². The minimum Gasteiger partial charge on any atom is -0.479 e. The first kappa shape index (κ1) is 18.1. The van der Waals surface area contributed by atoms with Crippen molar-refractivity contribution in [1.29, 1.82) is 0 Å². The highest BCUT2D eigenvalue weighted by Gasteiger charge is 2.19. The number of hydrogen-bond acceptors (Lipinski definition) is 4. The summed E-state index contributed by atoms with van der Waals surface area (Å²) in [5.74, 6) is -0.687. The molecule has 1 amide bonds. The molecule has 0 unspecified atom stereocenters. The maximum Gasteiger partial charge on any atom is 0.339 e. The summed E-state index contributed by atoms with van der Waals surface area (Å²) in [5.41, 5.74) is 0.586. The number of benzene rings is 2. The molecule has 1 N–H and O–H groups in total. The second kappa shape index (κ2) is 8.04. The first-order valence-corrected chi connectivity index (χ1v) is 7.78. The lowest BCUT2D eigenvalue weighted by Gasteiger charge is -2.17. The van der Waals surface area contributed by atoms with Crippen LogP contribution in [-0.2, 0) is 9.53 Å². The van der Waals surface area contributed by atoms with Crippen LogP contribution in [0.2, 0.25) is 10.0 Å². The molecule has 0 spiro atoms. The summed E-state index contributed by atoms with van der Waals surface area (Å²) in [4.78, 5) is 24.0. The van der Waals surface area contributed by atoms with Crippen LogP contribution in [0.25, 0.3) is 0 Å². The summed E-state index contributed by atoms with van der Waals surface area (Å²) in [6, 6.07) is 11.2. The van der Waals surface area contributed by atoms with Gasteiger partial charge in [-0.1, -0.05) is 35.3 Å². The van der Waals surface area contributed by atoms with Crippen LogP contribution >= 0.6 is 23.2 Å². The third-order valence-corrected chi connectivity index (χ3v) is 3.70. The van der Waals surface area contributed by atoms with E-state index in [4.69, 9.17) is 27.9 Å². The lowest BCUT2D eigenvalue weighted by Crippen LogP contribution is -2.30. The molecule has 7 heteroatoms. The highest BCUT2D eigenvalue weighted by Crippen LogP contribution is 2.28. The Morgan fingerprint density at radius 3 is 2.54 bits per heavy atom. The number of nitrogens with one attached hydrogen (secondary N) is 1. The third-order valence-electron chi connectivity index (χ3n) is 3.16. The Balaban J connectivity index is 2.12. The molecule has 0 saturated heterocycles. The van der Waals surface area contributed by atoms with Crippen molar-refractivity contribution in [2.45, 2.75) is 13.0 Å². The number of rotatable bonds is 5. The van der Waals surface area contributed by atoms with Gasteiger partial charge in [0.2, 0.25) is 0 Å². The Morgan fingerprint density at radius 1 is 1.12 bits per heavy atom. The second-order valence-corrected chi connectivity index (χ2v) is 5.70. The topological polar surface area (TPSA) is 64.6 Å². The summed E-state index contributed by atoms with van der Waals surface area (Å²) >= 11 is 11.9. The Bertz CT molecular complexity index is 764. The zero-order chi connectivity index (χ0) is 17.7. The SMILES string of the molecule is COC(=O)c1ccccc1NC(=O)[C@@H](C)Oc1cc(Cl)ccc1Cl. The number of methoxy groups -OCH3 is 1. The fourth-order valence-corrected chi connectivity index (χ4v) is 2.25. The Morgan fingerprint density at radius 2 is 1.83 bits per heavy atom. The molecule has 0 bridgehead atoms. The van der Waals surface area contributed by atoms with E-state index >= 15 is 0 Å². The number of hydrogen-bond donors (Lipinski definition) is 1. The largest absolute Gasteiger partial charge is 0.479 e. The number of para-hydroxylation sites is 1. The van der Waals surface area contributed by atoms with Gasteiger partial charge in [-0.25, -0.2) is 4.79 Å². The summed E-state index contributed by atoms with van der Waals surface area (Å²) in [6.45, 7) is 1.56. The van der Waals surface area contributed by atoms with E-state index in [9.17, 15) is 9.59 Å². The molecular formula is C17H15Cl2NO4. The number of amides is 1. The van der Waals surface area contributed by atoms with Crippen molar-refractivity contribution >= 4 is 40.8 Å². The first-order valence-electron chi connectivity index (χ1n) is 7.02. The van der Waals surface area contributed by atoms with Gasteiger partial charge in [-0.15, -0.1) is 0 Å². The van der Waals surface area contributed by atoms with E-state index in [2.05, 4.69) is 10.1 Å². The average Bonchev–Trinajstić information content (AvgIpc) is 2.57. The first-order chi connectivity index (χ1) is 11.4. The lowest BCUT2D eigenvalue weighted by atomic mass is 10.1. The van der Waals surface area contributed by atoms with Crippen LogP contribution in [0.15, 0.2) is 42.5 Å². The van der Waals surface area contributed by atoms with Gasteiger partial charge >= 0.3 is 5.97 Å². The number of halogens is 2. The molecule has 0 saturated carbocycles. The van der Waals surface area contributed by atoms with Crippen molar-refractivity contribution < 1.29 is 19.1 Å². The van der Waals surface area contributed by atoms with Gasteiger partial charge in [-0.3, -0.25) is 4.79 Å². The molecule has 0 aliphatic carbocycles. The summed E-state index contributed by atoms with van der Waals surface area (Å²) < 4.78 is 10.2. The van der Waals surface area contributed by atoms with Gasteiger partial charge in [0.15, 0.2) is 6.10 Å². The molecular weight excluding hydrogens is 353 g/mol. The second-order valence-electron chi connectivity index (χ2n) is 4.86. The number of carbonyl (C=O) groups excluding carboxylic acids is 2. The fourth-order valence-electron chi connectivity index (χ4n) is 1.93. The minimum atomic E-state index is -0.855. The molecule has 5 nitrogen and oxygen atoms in total. The number of ether oxygens (including phenoxy) is 2. The fraction of sp³-hybridized carbons (Fsp3) is 0.176. The predicted molar refractivity (Wildman–Crippen MR) is 93.0 cm³/mol. The van der Waals surface area contributed by atoms with Crippen LogP contribution in [0.5, 0.6) is 5.75 Å². The van der Waals surface area contributed by atoms with Crippen molar-refractivity contribution in [1.82, 2.24) is 0 Å². The molecule has 1 atom stereocenters. The Labute approximate surface area is 149 Å². The van der Waals surface area contributed by atoms with Gasteiger partial charge in [0, 0.05) is 11.1 Å². The molecule has 0 aliphatic heterocycles. The maximum atomic E-state index is 12.3. The van der Waals surface area contributed by atoms with E-state index in [-0.39, 0.29) is 5.56 Å². The van der Waals surface area contributed by atoms with Gasteiger partial charge < -0.3 is 14.8 Å². The molecule has 2 aromatic rings.